The van der Waals surface area contributed by atoms with Crippen molar-refractivity contribution in [3.8, 4) is 11.3 Å². The summed E-state index contributed by atoms with van der Waals surface area (Å²) in [6, 6.07) is 3.53. The third-order valence-electron chi connectivity index (χ3n) is 5.80. The van der Waals surface area contributed by atoms with Gasteiger partial charge in [0.2, 0.25) is 0 Å². The molecule has 4 aromatic heterocycles. The standard InChI is InChI=1S/C22H26FN9O2/c1-12(2)26-22(33)34-18-5-4-14(20(18)23)15-8-19(30-29-15)28-21-17-6-7-24-32(17)11-16(27-21)13-9-25-31(3)10-13/h6-12,14,18,20H,4-5H2,1-3H3,(H,26,33)(H2,27,28,29,30)/t14-,18-,20+/m0/s1. The van der Waals surface area contributed by atoms with Gasteiger partial charge in [-0.15, -0.1) is 0 Å². The summed E-state index contributed by atoms with van der Waals surface area (Å²) in [7, 11) is 1.84. The number of carbonyl (C=O) groups is 1. The van der Waals surface area contributed by atoms with Crippen LogP contribution in [-0.4, -0.2) is 59.0 Å². The third kappa shape index (κ3) is 4.30. The lowest BCUT2D eigenvalue weighted by atomic mass is 10.0. The summed E-state index contributed by atoms with van der Waals surface area (Å²) >= 11 is 0. The fourth-order valence-electron chi connectivity index (χ4n) is 4.20. The van der Waals surface area contributed by atoms with Gasteiger partial charge in [-0.3, -0.25) is 9.78 Å². The number of carbonyl (C=O) groups excluding carboxylic acids is 1. The van der Waals surface area contributed by atoms with Crippen LogP contribution in [0.5, 0.6) is 0 Å². The maximum Gasteiger partial charge on any atom is 0.407 e. The van der Waals surface area contributed by atoms with Crippen molar-refractivity contribution in [2.45, 2.75) is 50.9 Å². The minimum absolute atomic E-state index is 0.0727. The van der Waals surface area contributed by atoms with Crippen molar-refractivity contribution in [3.05, 3.63) is 42.6 Å². The maximum absolute atomic E-state index is 15.1. The molecule has 3 N–H and O–H groups in total. The van der Waals surface area contributed by atoms with Crippen LogP contribution in [-0.2, 0) is 11.8 Å². The van der Waals surface area contributed by atoms with Gasteiger partial charge in [-0.1, -0.05) is 0 Å². The number of anilines is 2. The van der Waals surface area contributed by atoms with Crippen LogP contribution < -0.4 is 10.6 Å². The van der Waals surface area contributed by atoms with E-state index in [2.05, 4.69) is 31.0 Å². The monoisotopic (exact) mass is 467 g/mol. The van der Waals surface area contributed by atoms with E-state index < -0.39 is 24.3 Å². The first-order chi connectivity index (χ1) is 16.4. The van der Waals surface area contributed by atoms with E-state index >= 15 is 4.39 Å². The largest absolute Gasteiger partial charge is 0.443 e. The number of H-pyrrole nitrogens is 1. The lowest BCUT2D eigenvalue weighted by molar-refractivity contribution is 0.0555. The number of fused-ring (bicyclic) bond motifs is 1. The van der Waals surface area contributed by atoms with Gasteiger partial charge < -0.3 is 15.4 Å². The topological polar surface area (TPSA) is 127 Å². The van der Waals surface area contributed by atoms with E-state index in [-0.39, 0.29) is 6.04 Å². The number of amides is 1. The predicted molar refractivity (Wildman–Crippen MR) is 122 cm³/mol. The van der Waals surface area contributed by atoms with Crippen molar-refractivity contribution in [3.63, 3.8) is 0 Å². The zero-order valence-electron chi connectivity index (χ0n) is 19.1. The molecule has 0 aromatic carbocycles. The molecule has 11 nitrogen and oxygen atoms in total. The van der Waals surface area contributed by atoms with Crippen molar-refractivity contribution in [2.24, 2.45) is 7.05 Å². The van der Waals surface area contributed by atoms with Crippen molar-refractivity contribution in [2.75, 3.05) is 5.32 Å². The minimum Gasteiger partial charge on any atom is -0.443 e. The van der Waals surface area contributed by atoms with Crippen LogP contribution in [0.15, 0.2) is 36.9 Å². The first-order valence-electron chi connectivity index (χ1n) is 11.1. The number of nitrogens with one attached hydrogen (secondary N) is 3. The predicted octanol–water partition coefficient (Wildman–Crippen LogP) is 3.32. The van der Waals surface area contributed by atoms with Crippen LogP contribution in [0.3, 0.4) is 0 Å². The van der Waals surface area contributed by atoms with Crippen LogP contribution in [0.1, 0.15) is 38.3 Å². The Balaban J connectivity index is 1.33. The molecule has 178 valence electrons. The number of aromatic nitrogens is 7. The summed E-state index contributed by atoms with van der Waals surface area (Å²) in [5, 5.41) is 21.6. The molecular weight excluding hydrogens is 441 g/mol. The zero-order valence-corrected chi connectivity index (χ0v) is 19.1. The minimum atomic E-state index is -1.32. The molecule has 4 heterocycles. The molecule has 34 heavy (non-hydrogen) atoms. The molecule has 5 rings (SSSR count). The summed E-state index contributed by atoms with van der Waals surface area (Å²) in [4.78, 5) is 16.6. The number of ether oxygens (including phenoxy) is 1. The Morgan fingerprint density at radius 2 is 2.15 bits per heavy atom. The molecule has 0 radical (unpaired) electrons. The highest BCUT2D eigenvalue weighted by molar-refractivity contribution is 5.75. The summed E-state index contributed by atoms with van der Waals surface area (Å²) in [6.45, 7) is 3.65. The zero-order chi connectivity index (χ0) is 23.8. The molecule has 0 spiro atoms. The number of nitrogens with zero attached hydrogens (tertiary/aromatic N) is 6. The Kier molecular flexibility index (Phi) is 5.64. The Morgan fingerprint density at radius 1 is 1.29 bits per heavy atom. The van der Waals surface area contributed by atoms with E-state index in [0.717, 1.165) is 11.1 Å². The van der Waals surface area contributed by atoms with E-state index in [4.69, 9.17) is 9.72 Å². The van der Waals surface area contributed by atoms with Crippen molar-refractivity contribution < 1.29 is 13.9 Å². The highest BCUT2D eigenvalue weighted by Gasteiger charge is 2.40. The molecule has 1 aliphatic carbocycles. The van der Waals surface area contributed by atoms with E-state index in [9.17, 15) is 4.79 Å². The van der Waals surface area contributed by atoms with E-state index in [0.29, 0.717) is 35.9 Å². The molecule has 0 bridgehead atoms. The molecular formula is C22H26FN9O2. The fourth-order valence-corrected chi connectivity index (χ4v) is 4.20. The maximum atomic E-state index is 15.1. The number of halogens is 1. The van der Waals surface area contributed by atoms with Gasteiger partial charge in [-0.05, 0) is 32.8 Å². The van der Waals surface area contributed by atoms with Gasteiger partial charge >= 0.3 is 6.09 Å². The number of aryl methyl sites for hydroxylation is 1. The molecule has 0 unspecified atom stereocenters. The first-order valence-corrected chi connectivity index (χ1v) is 11.1. The van der Waals surface area contributed by atoms with Crippen molar-refractivity contribution >= 4 is 23.2 Å². The van der Waals surface area contributed by atoms with Crippen LogP contribution >= 0.6 is 0 Å². The van der Waals surface area contributed by atoms with Crippen LogP contribution in [0.4, 0.5) is 20.8 Å². The van der Waals surface area contributed by atoms with E-state index in [1.165, 1.54) is 0 Å². The Hall–Kier alpha value is -3.96. The number of rotatable bonds is 6. The molecule has 4 aromatic rings. The average Bonchev–Trinajstić information content (AvgIpc) is 3.56. The van der Waals surface area contributed by atoms with Crippen LogP contribution in [0.2, 0.25) is 0 Å². The molecule has 3 atom stereocenters. The number of hydrogen-bond donors (Lipinski definition) is 3. The molecule has 0 aliphatic heterocycles. The van der Waals surface area contributed by atoms with Gasteiger partial charge in [-0.2, -0.15) is 15.3 Å². The number of alkyl carbamates (subject to hydrolysis) is 1. The molecule has 1 saturated carbocycles. The van der Waals surface area contributed by atoms with Gasteiger partial charge in [-0.25, -0.2) is 18.7 Å². The normalized spacial score (nSPS) is 20.2. The molecule has 1 fully saturated rings. The van der Waals surface area contributed by atoms with Gasteiger partial charge in [0.05, 0.1) is 24.3 Å². The van der Waals surface area contributed by atoms with Gasteiger partial charge in [0.25, 0.3) is 0 Å². The van der Waals surface area contributed by atoms with Gasteiger partial charge in [0, 0.05) is 42.5 Å². The third-order valence-corrected chi connectivity index (χ3v) is 5.80. The molecule has 1 aliphatic rings. The number of hydrogen-bond acceptors (Lipinski definition) is 7. The second kappa shape index (κ2) is 8.76. The number of aromatic amines is 1. The summed E-state index contributed by atoms with van der Waals surface area (Å²) in [5.41, 5.74) is 2.95. The molecule has 0 saturated heterocycles. The average molecular weight is 468 g/mol. The summed E-state index contributed by atoms with van der Waals surface area (Å²) in [6.07, 6.45) is 5.41. The van der Waals surface area contributed by atoms with E-state index in [1.807, 2.05) is 39.4 Å². The SMILES string of the molecule is CC(C)NC(=O)O[C@H]1CC[C@@H](c2cc(Nc3nc(-c4cnn(C)c4)cn4nccc34)n[nH]2)[C@H]1F. The van der Waals surface area contributed by atoms with Crippen molar-refractivity contribution in [1.82, 2.24) is 39.9 Å². The van der Waals surface area contributed by atoms with E-state index in [1.54, 1.807) is 27.7 Å². The van der Waals surface area contributed by atoms with Gasteiger partial charge in [0.1, 0.15) is 17.8 Å². The molecule has 12 heteroatoms. The quantitative estimate of drug-likeness (QED) is 0.397. The fraction of sp³-hybridized carbons (Fsp3) is 0.409. The lowest BCUT2D eigenvalue weighted by Gasteiger charge is -2.18. The Labute approximate surface area is 194 Å². The van der Waals surface area contributed by atoms with Crippen molar-refractivity contribution in [1.29, 1.82) is 0 Å². The Bertz CT molecular complexity index is 1310. The lowest BCUT2D eigenvalue weighted by Crippen LogP contribution is -2.36. The van der Waals surface area contributed by atoms with Crippen LogP contribution in [0, 0.1) is 0 Å². The second-order valence-corrected chi connectivity index (χ2v) is 8.74. The summed E-state index contributed by atoms with van der Waals surface area (Å²) in [5.74, 6) is 0.624. The Morgan fingerprint density at radius 3 is 2.91 bits per heavy atom. The second-order valence-electron chi connectivity index (χ2n) is 8.74. The smallest absolute Gasteiger partial charge is 0.407 e. The first kappa shape index (κ1) is 21.9. The van der Waals surface area contributed by atoms with Gasteiger partial charge in [0.15, 0.2) is 11.6 Å². The summed E-state index contributed by atoms with van der Waals surface area (Å²) < 4.78 is 23.8. The van der Waals surface area contributed by atoms with Crippen LogP contribution in [0.25, 0.3) is 16.8 Å². The highest BCUT2D eigenvalue weighted by atomic mass is 19.1. The highest BCUT2D eigenvalue weighted by Crippen LogP contribution is 2.38. The molecule has 1 amide bonds. The number of alkyl halides is 1.